The van der Waals surface area contributed by atoms with E-state index in [9.17, 15) is 9.59 Å². The summed E-state index contributed by atoms with van der Waals surface area (Å²) in [5, 5.41) is 21.4. The van der Waals surface area contributed by atoms with Gasteiger partial charge >= 0.3 is 0 Å². The van der Waals surface area contributed by atoms with Gasteiger partial charge in [0, 0.05) is 139 Å². The first-order valence-corrected chi connectivity index (χ1v) is 26.2. The Morgan fingerprint density at radius 1 is 0.473 bits per heavy atom. The van der Waals surface area contributed by atoms with E-state index in [-0.39, 0.29) is 40.5 Å². The van der Waals surface area contributed by atoms with Crippen LogP contribution < -0.4 is 0 Å². The van der Waals surface area contributed by atoms with Gasteiger partial charge in [-0.25, -0.2) is 0 Å². The Labute approximate surface area is 459 Å². The first kappa shape index (κ1) is 53.5. The van der Waals surface area contributed by atoms with Gasteiger partial charge in [0.1, 0.15) is 11.1 Å². The number of ether oxygens (including phenoxy) is 1. The predicted molar refractivity (Wildman–Crippen MR) is 301 cm³/mol. The van der Waals surface area contributed by atoms with Crippen molar-refractivity contribution < 1.29 is 33.8 Å². The van der Waals surface area contributed by atoms with Crippen molar-refractivity contribution in [1.29, 1.82) is 0 Å². The molecule has 0 atom stereocenters. The quantitative estimate of drug-likeness (QED) is 0.0877. The fraction of sp³-hybridized carbons (Fsp3) is 0.219. The van der Waals surface area contributed by atoms with Crippen molar-refractivity contribution in [3.8, 4) is 23.7 Å². The molecule has 0 aromatic heterocycles. The summed E-state index contributed by atoms with van der Waals surface area (Å²) >= 11 is 2.39. The van der Waals surface area contributed by atoms with Gasteiger partial charge in [-0.15, -0.1) is 0 Å². The van der Waals surface area contributed by atoms with Crippen LogP contribution in [-0.2, 0) is 44.6 Å². The maximum Gasteiger partial charge on any atom is 0.190 e. The van der Waals surface area contributed by atoms with Gasteiger partial charge < -0.3 is 26.0 Å². The number of allylic oxidation sites excluding steroid dienone is 4. The summed E-state index contributed by atoms with van der Waals surface area (Å²) in [5.74, 6) is 13.7. The molecule has 0 unspecified atom stereocenters. The molecule has 0 amide bonds. The third-order valence-corrected chi connectivity index (χ3v) is 14.0. The summed E-state index contributed by atoms with van der Waals surface area (Å²) in [7, 11) is 0. The average molecular weight is 1060 g/mol. The SMILES string of the molecule is C1CCOC1.CC(=O)Sc1ccc(C#C/C2=C3\C=C[C+]([N-]3)/C(c3ccc(C(C)(C)C)cc3)=C3/C=C[C+]([N-]3)/C(C#Cc3ccc(SC(C)=O)cc3)=C3/C=C[C+]([N-]3)/C(c3ccc(C(C)(C)C)cc3)=C3/C=C[C+]2[N-]3)cc1.[Zn]. The second-order valence-corrected chi connectivity index (χ2v) is 22.6. The fourth-order valence-electron chi connectivity index (χ4n) is 8.53. The number of hydrogen-bond donors (Lipinski definition) is 0. The second-order valence-electron chi connectivity index (χ2n) is 20.1. The zero-order valence-electron chi connectivity index (χ0n) is 43.2. The standard InChI is InChI=1S/C60H48N4O2S2.C4H8O.Zn/c1-37(65)67-45-23-9-39(10-24-45)13-27-47-49-29-33-53(61-49)57(41-15-19-43(20-16-41)59(3,4)5)55-35-31-51(63-55)48(28-14-40-11-25-46(26-12-40)68-38(2)66)52-32-36-56(64-52)58(54-34-30-50(47)62-54)42-17-21-44(22-18-42)60(6,7)8;1-2-4-5-3-1;/h9-12,15-26,29-36H,1-8H3;1-4H2;/b49-47-,52-48-,57-55-,58-54-;;. The number of hydrogen-bond acceptors (Lipinski definition) is 5. The second kappa shape index (κ2) is 23.2. The van der Waals surface area contributed by atoms with Gasteiger partial charge in [-0.3, -0.25) is 9.59 Å². The predicted octanol–water partition coefficient (Wildman–Crippen LogP) is 16.0. The van der Waals surface area contributed by atoms with Crippen molar-refractivity contribution in [2.75, 3.05) is 13.2 Å². The minimum Gasteiger partial charge on any atom is -0.556 e. The maximum atomic E-state index is 11.8. The zero-order chi connectivity index (χ0) is 51.3. The molecule has 4 aromatic rings. The molecule has 10 heteroatoms. The van der Waals surface area contributed by atoms with Gasteiger partial charge in [-0.1, -0.05) is 65.1 Å². The molecule has 0 N–H and O–H groups in total. The van der Waals surface area contributed by atoms with Gasteiger partial charge in [0.15, 0.2) is 10.2 Å². The van der Waals surface area contributed by atoms with Crippen LogP contribution >= 0.6 is 23.5 Å². The molecule has 0 saturated carbocycles. The number of carbonyl (C=O) groups is 2. The van der Waals surface area contributed by atoms with Crippen LogP contribution in [0.4, 0.5) is 0 Å². The van der Waals surface area contributed by atoms with E-state index < -0.39 is 0 Å². The van der Waals surface area contributed by atoms with Crippen LogP contribution in [0.15, 0.2) is 189 Å². The molecule has 8 bridgehead atoms. The van der Waals surface area contributed by atoms with Crippen LogP contribution in [0.1, 0.15) is 102 Å². The molecule has 0 spiro atoms. The molecular formula is C64H56N4O3S2Zn. The molecule has 0 aliphatic carbocycles. The molecule has 1 fully saturated rings. The fourth-order valence-corrected chi connectivity index (χ4v) is 9.74. The van der Waals surface area contributed by atoms with Crippen molar-refractivity contribution in [3.63, 3.8) is 0 Å². The molecule has 1 saturated heterocycles. The van der Waals surface area contributed by atoms with Crippen LogP contribution in [-0.4, -0.2) is 23.4 Å². The van der Waals surface area contributed by atoms with Gasteiger partial charge in [0.05, 0.1) is 34.1 Å². The monoisotopic (exact) mass is 1060 g/mol. The van der Waals surface area contributed by atoms with Gasteiger partial charge in [-0.2, -0.15) is 0 Å². The third kappa shape index (κ3) is 12.9. The van der Waals surface area contributed by atoms with Gasteiger partial charge in [0.25, 0.3) is 0 Å². The summed E-state index contributed by atoms with van der Waals surface area (Å²) in [6, 6.07) is 35.5. The molecule has 6 aliphatic heterocycles. The molecule has 6 aliphatic rings. The van der Waals surface area contributed by atoms with E-state index in [0.717, 1.165) is 79.9 Å². The maximum absolute atomic E-state index is 11.8. The third-order valence-electron chi connectivity index (χ3n) is 12.4. The number of fused-ring (bicyclic) bond motifs is 8. The summed E-state index contributed by atoms with van der Waals surface area (Å²) < 4.78 is 4.94. The zero-order valence-corrected chi connectivity index (χ0v) is 47.8. The minimum atomic E-state index is -0.0324. The molecule has 74 heavy (non-hydrogen) atoms. The van der Waals surface area contributed by atoms with Crippen LogP contribution in [0.25, 0.3) is 32.4 Å². The van der Waals surface area contributed by atoms with Crippen LogP contribution in [0, 0.1) is 47.8 Å². The summed E-state index contributed by atoms with van der Waals surface area (Å²) in [5.41, 5.74) is 11.9. The Bertz CT molecular complexity index is 2950. The van der Waals surface area contributed by atoms with E-state index in [1.165, 1.54) is 47.5 Å². The molecule has 6 heterocycles. The van der Waals surface area contributed by atoms with E-state index >= 15 is 0 Å². The Balaban J connectivity index is 0.00000115. The Kier molecular flexibility index (Phi) is 16.8. The van der Waals surface area contributed by atoms with Crippen molar-refractivity contribution in [2.45, 2.75) is 88.9 Å². The van der Waals surface area contributed by atoms with E-state index in [2.05, 4.69) is 114 Å². The molecule has 4 aromatic carbocycles. The first-order chi connectivity index (χ1) is 35.1. The van der Waals surface area contributed by atoms with Crippen molar-refractivity contribution in [3.05, 3.63) is 258 Å². The van der Waals surface area contributed by atoms with Crippen molar-refractivity contribution in [2.24, 2.45) is 0 Å². The summed E-state index contributed by atoms with van der Waals surface area (Å²) in [6.07, 6.45) is 18.7. The molecule has 7 nitrogen and oxygen atoms in total. The van der Waals surface area contributed by atoms with E-state index in [0.29, 0.717) is 34.6 Å². The van der Waals surface area contributed by atoms with Gasteiger partial charge in [-0.05, 0) is 168 Å². The number of benzene rings is 4. The normalized spacial score (nSPS) is 20.3. The van der Waals surface area contributed by atoms with Gasteiger partial charge in [0.2, 0.25) is 0 Å². The number of carbonyl (C=O) groups excluding carboxylic acids is 2. The topological polar surface area (TPSA) is 99.8 Å². The number of rotatable bonds is 4. The summed E-state index contributed by atoms with van der Waals surface area (Å²) in [4.78, 5) is 25.3. The first-order valence-electron chi connectivity index (χ1n) is 24.5. The van der Waals surface area contributed by atoms with Crippen LogP contribution in [0.2, 0.25) is 0 Å². The average Bonchev–Trinajstić information content (AvgIpc) is 4.23. The van der Waals surface area contributed by atoms with Crippen molar-refractivity contribution in [1.82, 2.24) is 0 Å². The van der Waals surface area contributed by atoms with E-state index in [1.807, 2.05) is 97.1 Å². The molecular weight excluding hydrogens is 1000 g/mol. The minimum absolute atomic E-state index is 0. The number of nitrogens with zero attached hydrogens (tertiary/aromatic N) is 4. The van der Waals surface area contributed by atoms with Crippen LogP contribution in [0.5, 0.6) is 0 Å². The number of thioether (sulfide) groups is 2. The Hall–Kier alpha value is -6.78. The molecule has 364 valence electrons. The largest absolute Gasteiger partial charge is 0.556 e. The smallest absolute Gasteiger partial charge is 0.190 e. The summed E-state index contributed by atoms with van der Waals surface area (Å²) in [6.45, 7) is 18.4. The van der Waals surface area contributed by atoms with E-state index in [1.54, 1.807) is 13.8 Å². The Morgan fingerprint density at radius 3 is 1.14 bits per heavy atom. The van der Waals surface area contributed by atoms with Crippen molar-refractivity contribution >= 4 is 44.9 Å². The Morgan fingerprint density at radius 2 is 0.811 bits per heavy atom. The van der Waals surface area contributed by atoms with E-state index in [4.69, 9.17) is 26.0 Å². The molecule has 10 rings (SSSR count). The molecule has 0 radical (unpaired) electrons. The van der Waals surface area contributed by atoms with Crippen LogP contribution in [0.3, 0.4) is 0 Å².